The molecule has 1 N–H and O–H groups in total. The smallest absolute Gasteiger partial charge is 0.322 e. The molecule has 3 aromatic rings. The van der Waals surface area contributed by atoms with E-state index in [1.807, 2.05) is 18.2 Å². The van der Waals surface area contributed by atoms with Gasteiger partial charge in [-0.3, -0.25) is 19.9 Å². The molecule has 2 aromatic carbocycles. The fraction of sp³-hybridized carbons (Fsp3) is 0.276. The number of nitrogens with zero attached hydrogens (tertiary/aromatic N) is 5. The minimum Gasteiger partial charge on any atom is -0.334 e. The van der Waals surface area contributed by atoms with Crippen LogP contribution in [0.15, 0.2) is 66.9 Å². The Bertz CT molecular complexity index is 1460. The van der Waals surface area contributed by atoms with Crippen LogP contribution in [0.3, 0.4) is 0 Å². The van der Waals surface area contributed by atoms with Gasteiger partial charge in [0, 0.05) is 49.1 Å². The molecule has 10 heteroatoms. The molecular formula is C29H27ClN6O3. The summed E-state index contributed by atoms with van der Waals surface area (Å²) in [6.07, 6.45) is 7.32. The van der Waals surface area contributed by atoms with E-state index in [1.54, 1.807) is 47.5 Å². The standard InChI is InChI=1S/C29H27ClN6O3/c30-27-16-23(9-12-32-27)19-33-28(37)35-20-29(25-17-24(36(38)39)7-8-26(25)35)10-14-34(15-11-29)13-1-2-21-3-5-22(18-31)6-4-21/h1-9,12,16-17H,10-11,13-15,19-20H2,(H,33,37). The molecule has 1 aromatic heterocycles. The number of rotatable bonds is 6. The molecule has 1 saturated heterocycles. The second kappa shape index (κ2) is 11.2. The van der Waals surface area contributed by atoms with Crippen LogP contribution < -0.4 is 10.2 Å². The number of amides is 2. The van der Waals surface area contributed by atoms with Crippen molar-refractivity contribution in [2.75, 3.05) is 31.1 Å². The van der Waals surface area contributed by atoms with E-state index in [1.165, 1.54) is 6.07 Å². The summed E-state index contributed by atoms with van der Waals surface area (Å²) in [6, 6.07) is 17.6. The summed E-state index contributed by atoms with van der Waals surface area (Å²) in [7, 11) is 0. The number of nitrogens with one attached hydrogen (secondary N) is 1. The van der Waals surface area contributed by atoms with Crippen LogP contribution in [-0.2, 0) is 12.0 Å². The lowest BCUT2D eigenvalue weighted by Crippen LogP contribution is -2.47. The minimum atomic E-state index is -0.382. The molecule has 0 unspecified atom stereocenters. The van der Waals surface area contributed by atoms with Gasteiger partial charge in [0.1, 0.15) is 5.15 Å². The van der Waals surface area contributed by atoms with Crippen LogP contribution in [0.25, 0.3) is 6.08 Å². The highest BCUT2D eigenvalue weighted by molar-refractivity contribution is 6.29. The number of nitro benzene ring substituents is 1. The molecule has 198 valence electrons. The van der Waals surface area contributed by atoms with Gasteiger partial charge in [-0.2, -0.15) is 5.26 Å². The van der Waals surface area contributed by atoms with Gasteiger partial charge in [0.05, 0.1) is 16.6 Å². The third kappa shape index (κ3) is 5.77. The molecule has 0 atom stereocenters. The largest absolute Gasteiger partial charge is 0.334 e. The number of likely N-dealkylation sites (tertiary alicyclic amines) is 1. The van der Waals surface area contributed by atoms with Crippen LogP contribution in [-0.4, -0.2) is 47.0 Å². The number of nitro groups is 1. The van der Waals surface area contributed by atoms with Gasteiger partial charge >= 0.3 is 6.03 Å². The van der Waals surface area contributed by atoms with Gasteiger partial charge < -0.3 is 5.32 Å². The monoisotopic (exact) mass is 542 g/mol. The molecule has 1 spiro atoms. The normalized spacial score (nSPS) is 16.3. The SMILES string of the molecule is N#Cc1ccc(C=CCN2CCC3(CC2)CN(C(=O)NCc2ccnc(Cl)c2)c2ccc([N+](=O)[O-])cc23)cc1. The number of urea groups is 1. The van der Waals surface area contributed by atoms with Gasteiger partial charge in [0.25, 0.3) is 5.69 Å². The zero-order valence-electron chi connectivity index (χ0n) is 21.2. The molecule has 0 bridgehead atoms. The van der Waals surface area contributed by atoms with Gasteiger partial charge in [0.2, 0.25) is 0 Å². The van der Waals surface area contributed by atoms with Gasteiger partial charge in [0.15, 0.2) is 0 Å². The Labute approximate surface area is 231 Å². The Kier molecular flexibility index (Phi) is 7.59. The third-order valence-electron chi connectivity index (χ3n) is 7.52. The second-order valence-corrected chi connectivity index (χ2v) is 10.3. The molecule has 0 saturated carbocycles. The summed E-state index contributed by atoms with van der Waals surface area (Å²) in [5, 5.41) is 23.8. The van der Waals surface area contributed by atoms with Crippen molar-refractivity contribution in [3.05, 3.63) is 104 Å². The second-order valence-electron chi connectivity index (χ2n) is 9.91. The Morgan fingerprint density at radius 1 is 1.18 bits per heavy atom. The first-order valence-electron chi connectivity index (χ1n) is 12.7. The first-order valence-corrected chi connectivity index (χ1v) is 13.1. The van der Waals surface area contributed by atoms with Crippen LogP contribution in [0.4, 0.5) is 16.2 Å². The number of halogens is 1. The Hall–Kier alpha value is -4.26. The van der Waals surface area contributed by atoms with E-state index in [0.717, 1.165) is 54.9 Å². The van der Waals surface area contributed by atoms with E-state index in [2.05, 4.69) is 27.3 Å². The molecule has 39 heavy (non-hydrogen) atoms. The van der Waals surface area contributed by atoms with Gasteiger partial charge in [-0.05, 0) is 73.0 Å². The van der Waals surface area contributed by atoms with Crippen molar-refractivity contribution in [1.29, 1.82) is 5.26 Å². The first kappa shape index (κ1) is 26.4. The van der Waals surface area contributed by atoms with E-state index in [9.17, 15) is 14.9 Å². The molecule has 3 heterocycles. The van der Waals surface area contributed by atoms with Crippen molar-refractivity contribution in [3.8, 4) is 6.07 Å². The molecule has 1 fully saturated rings. The van der Waals surface area contributed by atoms with Gasteiger partial charge in [-0.25, -0.2) is 9.78 Å². The number of pyridine rings is 1. The summed E-state index contributed by atoms with van der Waals surface area (Å²) in [4.78, 5) is 32.5. The van der Waals surface area contributed by atoms with Crippen LogP contribution in [0.1, 0.15) is 35.1 Å². The highest BCUT2D eigenvalue weighted by Gasteiger charge is 2.47. The summed E-state index contributed by atoms with van der Waals surface area (Å²) in [6.45, 7) is 3.17. The Morgan fingerprint density at radius 2 is 1.95 bits per heavy atom. The van der Waals surface area contributed by atoms with Crippen molar-refractivity contribution >= 4 is 35.1 Å². The molecule has 2 amide bonds. The molecule has 5 rings (SSSR count). The molecular weight excluding hydrogens is 516 g/mol. The number of nitriles is 1. The number of hydrogen-bond donors (Lipinski definition) is 1. The van der Waals surface area contributed by atoms with Crippen molar-refractivity contribution in [1.82, 2.24) is 15.2 Å². The van der Waals surface area contributed by atoms with E-state index < -0.39 is 0 Å². The maximum Gasteiger partial charge on any atom is 0.322 e. The van der Waals surface area contributed by atoms with Crippen molar-refractivity contribution in [2.24, 2.45) is 0 Å². The number of piperidine rings is 1. The number of non-ortho nitro benzene ring substituents is 1. The number of hydrogen-bond acceptors (Lipinski definition) is 6. The van der Waals surface area contributed by atoms with Gasteiger partial charge in [-0.1, -0.05) is 35.9 Å². The highest BCUT2D eigenvalue weighted by atomic mass is 35.5. The lowest BCUT2D eigenvalue weighted by atomic mass is 9.74. The Morgan fingerprint density at radius 3 is 2.64 bits per heavy atom. The first-order chi connectivity index (χ1) is 18.9. The number of benzene rings is 2. The number of carbonyl (C=O) groups is 1. The lowest BCUT2D eigenvalue weighted by Gasteiger charge is -2.39. The topological polar surface area (TPSA) is 115 Å². The molecule has 0 aliphatic carbocycles. The number of anilines is 1. The van der Waals surface area contributed by atoms with Crippen molar-refractivity contribution in [2.45, 2.75) is 24.8 Å². The molecule has 2 aliphatic rings. The number of fused-ring (bicyclic) bond motifs is 2. The summed E-state index contributed by atoms with van der Waals surface area (Å²) < 4.78 is 0. The zero-order valence-corrected chi connectivity index (χ0v) is 22.0. The van der Waals surface area contributed by atoms with E-state index in [-0.39, 0.29) is 22.1 Å². The van der Waals surface area contributed by atoms with Crippen LogP contribution in [0.2, 0.25) is 5.15 Å². The summed E-state index contributed by atoms with van der Waals surface area (Å²) >= 11 is 5.97. The molecule has 2 aliphatic heterocycles. The summed E-state index contributed by atoms with van der Waals surface area (Å²) in [5.74, 6) is 0. The molecule has 9 nitrogen and oxygen atoms in total. The van der Waals surface area contributed by atoms with E-state index in [4.69, 9.17) is 16.9 Å². The van der Waals surface area contributed by atoms with E-state index >= 15 is 0 Å². The summed E-state index contributed by atoms with van der Waals surface area (Å²) in [5.41, 5.74) is 3.79. The third-order valence-corrected chi connectivity index (χ3v) is 7.73. The number of aromatic nitrogens is 1. The average molecular weight is 543 g/mol. The fourth-order valence-corrected chi connectivity index (χ4v) is 5.57. The molecule has 0 radical (unpaired) electrons. The van der Waals surface area contributed by atoms with E-state index in [0.29, 0.717) is 23.8 Å². The van der Waals surface area contributed by atoms with Crippen LogP contribution >= 0.6 is 11.6 Å². The predicted octanol–water partition coefficient (Wildman–Crippen LogP) is 5.29. The zero-order chi connectivity index (χ0) is 27.4. The number of carbonyl (C=O) groups excluding carboxylic acids is 1. The average Bonchev–Trinajstić information content (AvgIpc) is 3.26. The Balaban J connectivity index is 1.28. The van der Waals surface area contributed by atoms with Gasteiger partial charge in [-0.15, -0.1) is 0 Å². The maximum absolute atomic E-state index is 13.3. The minimum absolute atomic E-state index is 0.0367. The van der Waals surface area contributed by atoms with Crippen molar-refractivity contribution in [3.63, 3.8) is 0 Å². The fourth-order valence-electron chi connectivity index (χ4n) is 5.38. The van der Waals surface area contributed by atoms with Crippen LogP contribution in [0, 0.1) is 21.4 Å². The quantitative estimate of drug-likeness (QED) is 0.257. The van der Waals surface area contributed by atoms with Crippen LogP contribution in [0.5, 0.6) is 0 Å². The predicted molar refractivity (Wildman–Crippen MR) is 149 cm³/mol. The maximum atomic E-state index is 13.3. The lowest BCUT2D eigenvalue weighted by molar-refractivity contribution is -0.384. The highest BCUT2D eigenvalue weighted by Crippen LogP contribution is 2.48. The van der Waals surface area contributed by atoms with Crippen molar-refractivity contribution < 1.29 is 9.72 Å².